The first kappa shape index (κ1) is 15.6. The van der Waals surface area contributed by atoms with Crippen LogP contribution in [0, 0.1) is 0 Å². The molecule has 3 rings (SSSR count). The van der Waals surface area contributed by atoms with Crippen LogP contribution in [0.1, 0.15) is 12.8 Å². The predicted molar refractivity (Wildman–Crippen MR) is 86.7 cm³/mol. The maximum atomic E-state index is 5.64. The van der Waals surface area contributed by atoms with E-state index in [0.29, 0.717) is 29.3 Å². The molecule has 23 heavy (non-hydrogen) atoms. The average Bonchev–Trinajstić information content (AvgIpc) is 3.11. The van der Waals surface area contributed by atoms with Crippen LogP contribution < -0.4 is 19.5 Å². The van der Waals surface area contributed by atoms with Crippen LogP contribution >= 0.6 is 0 Å². The van der Waals surface area contributed by atoms with Crippen molar-refractivity contribution in [1.82, 2.24) is 9.97 Å². The van der Waals surface area contributed by atoms with Crippen molar-refractivity contribution in [3.8, 4) is 17.2 Å². The topological polar surface area (TPSA) is 74.7 Å². The second-order valence-corrected chi connectivity index (χ2v) is 5.28. The number of aromatic nitrogens is 2. The molecule has 1 aromatic carbocycles. The summed E-state index contributed by atoms with van der Waals surface area (Å²) in [6, 6.07) is 1.86. The van der Waals surface area contributed by atoms with Gasteiger partial charge in [-0.3, -0.25) is 0 Å². The van der Waals surface area contributed by atoms with Crippen LogP contribution in [0.4, 0.5) is 5.82 Å². The van der Waals surface area contributed by atoms with Crippen LogP contribution in [0.25, 0.3) is 10.9 Å². The number of hydrogen-bond acceptors (Lipinski definition) is 7. The monoisotopic (exact) mass is 319 g/mol. The third-order valence-electron chi connectivity index (χ3n) is 3.95. The summed E-state index contributed by atoms with van der Waals surface area (Å²) >= 11 is 0. The Bertz CT molecular complexity index is 687. The Hall–Kier alpha value is -2.28. The maximum Gasteiger partial charge on any atom is 0.205 e. The molecule has 1 aliphatic heterocycles. The number of nitrogens with one attached hydrogen (secondary N) is 1. The van der Waals surface area contributed by atoms with E-state index in [1.54, 1.807) is 21.3 Å². The van der Waals surface area contributed by atoms with E-state index in [0.717, 1.165) is 30.7 Å². The van der Waals surface area contributed by atoms with Crippen LogP contribution in [0.3, 0.4) is 0 Å². The highest BCUT2D eigenvalue weighted by Crippen LogP contribution is 2.43. The van der Waals surface area contributed by atoms with Gasteiger partial charge in [-0.15, -0.1) is 0 Å². The molecule has 1 aromatic heterocycles. The number of hydrogen-bond donors (Lipinski definition) is 1. The molecule has 7 heteroatoms. The average molecular weight is 319 g/mol. The van der Waals surface area contributed by atoms with E-state index >= 15 is 0 Å². The molecule has 0 radical (unpaired) electrons. The third kappa shape index (κ3) is 2.96. The number of nitrogens with zero attached hydrogens (tertiary/aromatic N) is 2. The van der Waals surface area contributed by atoms with E-state index in [1.807, 2.05) is 6.07 Å². The van der Waals surface area contributed by atoms with Gasteiger partial charge in [-0.25, -0.2) is 9.97 Å². The molecule has 1 atom stereocenters. The van der Waals surface area contributed by atoms with Gasteiger partial charge in [0.15, 0.2) is 11.5 Å². The molecule has 124 valence electrons. The maximum absolute atomic E-state index is 5.64. The van der Waals surface area contributed by atoms with Gasteiger partial charge in [0.05, 0.1) is 32.8 Å². The molecule has 0 aliphatic carbocycles. The summed E-state index contributed by atoms with van der Waals surface area (Å²) in [5, 5.41) is 4.16. The number of benzene rings is 1. The minimum Gasteiger partial charge on any atom is -0.493 e. The molecule has 2 heterocycles. The summed E-state index contributed by atoms with van der Waals surface area (Å²) in [4.78, 5) is 8.68. The lowest BCUT2D eigenvalue weighted by molar-refractivity contribution is 0.120. The van der Waals surface area contributed by atoms with Gasteiger partial charge in [0, 0.05) is 13.2 Å². The van der Waals surface area contributed by atoms with E-state index in [4.69, 9.17) is 18.9 Å². The van der Waals surface area contributed by atoms with Crippen LogP contribution in [-0.2, 0) is 4.74 Å². The molecule has 7 nitrogen and oxygen atoms in total. The molecule has 2 aromatic rings. The first-order valence-corrected chi connectivity index (χ1v) is 7.57. The lowest BCUT2D eigenvalue weighted by Crippen LogP contribution is -2.19. The van der Waals surface area contributed by atoms with E-state index < -0.39 is 0 Å². The minimum absolute atomic E-state index is 0.224. The van der Waals surface area contributed by atoms with Gasteiger partial charge in [-0.2, -0.15) is 0 Å². The van der Waals surface area contributed by atoms with Crippen molar-refractivity contribution in [1.29, 1.82) is 0 Å². The van der Waals surface area contributed by atoms with Crippen LogP contribution in [0.15, 0.2) is 12.4 Å². The Balaban J connectivity index is 2.01. The molecule has 0 spiro atoms. The molecular weight excluding hydrogens is 298 g/mol. The van der Waals surface area contributed by atoms with Gasteiger partial charge in [0.1, 0.15) is 17.7 Å². The first-order valence-electron chi connectivity index (χ1n) is 7.57. The number of methoxy groups -OCH3 is 3. The Morgan fingerprint density at radius 2 is 2.00 bits per heavy atom. The van der Waals surface area contributed by atoms with Crippen molar-refractivity contribution in [2.45, 2.75) is 18.9 Å². The Kier molecular flexibility index (Phi) is 4.66. The number of rotatable bonds is 6. The second kappa shape index (κ2) is 6.87. The standard InChI is InChI=1S/C16H21N3O4/c1-20-12-7-11-13(15(22-3)14(12)21-2)18-9-19-16(11)17-8-10-5-4-6-23-10/h7,9-10H,4-6,8H2,1-3H3,(H,17,18,19). The molecule has 1 aliphatic rings. The lowest BCUT2D eigenvalue weighted by Gasteiger charge is -2.16. The molecule has 1 saturated heterocycles. The van der Waals surface area contributed by atoms with Crippen molar-refractivity contribution in [3.63, 3.8) is 0 Å². The Morgan fingerprint density at radius 3 is 2.65 bits per heavy atom. The van der Waals surface area contributed by atoms with Gasteiger partial charge in [0.25, 0.3) is 0 Å². The highest BCUT2D eigenvalue weighted by atomic mass is 16.5. The molecule has 1 fully saturated rings. The zero-order valence-corrected chi connectivity index (χ0v) is 13.6. The fourth-order valence-electron chi connectivity index (χ4n) is 2.82. The molecule has 0 bridgehead atoms. The summed E-state index contributed by atoms with van der Waals surface area (Å²) in [6.45, 7) is 1.54. The van der Waals surface area contributed by atoms with Crippen molar-refractivity contribution in [2.75, 3.05) is 39.8 Å². The third-order valence-corrected chi connectivity index (χ3v) is 3.95. The summed E-state index contributed by atoms with van der Waals surface area (Å²) in [6.07, 6.45) is 3.91. The van der Waals surface area contributed by atoms with Gasteiger partial charge >= 0.3 is 0 Å². The normalized spacial score (nSPS) is 17.3. The number of fused-ring (bicyclic) bond motifs is 1. The fourth-order valence-corrected chi connectivity index (χ4v) is 2.82. The largest absolute Gasteiger partial charge is 0.493 e. The van der Waals surface area contributed by atoms with E-state index in [9.17, 15) is 0 Å². The fraction of sp³-hybridized carbons (Fsp3) is 0.500. The predicted octanol–water partition coefficient (Wildman–Crippen LogP) is 2.25. The zero-order valence-electron chi connectivity index (χ0n) is 13.6. The molecule has 0 amide bonds. The highest BCUT2D eigenvalue weighted by Gasteiger charge is 2.20. The van der Waals surface area contributed by atoms with Gasteiger partial charge in [-0.05, 0) is 18.9 Å². The van der Waals surface area contributed by atoms with Crippen molar-refractivity contribution >= 4 is 16.7 Å². The highest BCUT2D eigenvalue weighted by molar-refractivity contribution is 5.96. The summed E-state index contributed by atoms with van der Waals surface area (Å²) in [5.74, 6) is 2.35. The van der Waals surface area contributed by atoms with Gasteiger partial charge < -0.3 is 24.3 Å². The zero-order chi connectivity index (χ0) is 16.2. The van der Waals surface area contributed by atoms with Crippen LogP contribution in [0.5, 0.6) is 17.2 Å². The van der Waals surface area contributed by atoms with Crippen molar-refractivity contribution in [2.24, 2.45) is 0 Å². The lowest BCUT2D eigenvalue weighted by atomic mass is 10.1. The Morgan fingerprint density at radius 1 is 1.17 bits per heavy atom. The van der Waals surface area contributed by atoms with Crippen molar-refractivity contribution in [3.05, 3.63) is 12.4 Å². The van der Waals surface area contributed by atoms with E-state index in [1.165, 1.54) is 6.33 Å². The molecule has 0 saturated carbocycles. The van der Waals surface area contributed by atoms with Gasteiger partial charge in [-0.1, -0.05) is 0 Å². The number of ether oxygens (including phenoxy) is 4. The second-order valence-electron chi connectivity index (χ2n) is 5.28. The molecule has 1 unspecified atom stereocenters. The van der Waals surface area contributed by atoms with E-state index in [-0.39, 0.29) is 6.10 Å². The van der Waals surface area contributed by atoms with Crippen molar-refractivity contribution < 1.29 is 18.9 Å². The first-order chi connectivity index (χ1) is 11.3. The summed E-state index contributed by atoms with van der Waals surface area (Å²) in [7, 11) is 4.74. The van der Waals surface area contributed by atoms with Gasteiger partial charge in [0.2, 0.25) is 5.75 Å². The smallest absolute Gasteiger partial charge is 0.205 e. The number of anilines is 1. The Labute approximate surface area is 134 Å². The summed E-state index contributed by atoms with van der Waals surface area (Å²) in [5.41, 5.74) is 0.676. The van der Waals surface area contributed by atoms with E-state index in [2.05, 4.69) is 15.3 Å². The van der Waals surface area contributed by atoms with Crippen LogP contribution in [0.2, 0.25) is 0 Å². The minimum atomic E-state index is 0.224. The molecule has 1 N–H and O–H groups in total. The SMILES string of the molecule is COc1cc2c(NCC3CCCO3)ncnc2c(OC)c1OC. The molecular formula is C16H21N3O4. The van der Waals surface area contributed by atoms with Crippen LogP contribution in [-0.4, -0.2) is 50.6 Å². The summed E-state index contributed by atoms with van der Waals surface area (Å²) < 4.78 is 21.9. The quantitative estimate of drug-likeness (QED) is 0.875.